The van der Waals surface area contributed by atoms with Crippen LogP contribution in [0.2, 0.25) is 0 Å². The van der Waals surface area contributed by atoms with Crippen molar-refractivity contribution in [1.29, 1.82) is 0 Å². The number of pyridine rings is 1. The SMILES string of the molecule is O=C(N[C@@H](CCCCNc1ccccn1)c1cccc(C(F)(F)F)c1)c1cn[nH]c1. The monoisotopic (exact) mass is 417 g/mol. The minimum Gasteiger partial charge on any atom is -0.370 e. The summed E-state index contributed by atoms with van der Waals surface area (Å²) in [6, 6.07) is 10.1. The molecule has 0 aliphatic carbocycles. The van der Waals surface area contributed by atoms with E-state index in [0.29, 0.717) is 30.5 Å². The van der Waals surface area contributed by atoms with Crippen LogP contribution in [0.15, 0.2) is 61.1 Å². The molecule has 1 aromatic carbocycles. The van der Waals surface area contributed by atoms with Gasteiger partial charge in [0.15, 0.2) is 0 Å². The third-order valence-electron chi connectivity index (χ3n) is 4.57. The van der Waals surface area contributed by atoms with Crippen LogP contribution >= 0.6 is 0 Å². The molecule has 30 heavy (non-hydrogen) atoms. The molecule has 158 valence electrons. The Morgan fingerprint density at radius 2 is 2.00 bits per heavy atom. The van der Waals surface area contributed by atoms with Gasteiger partial charge in [0.05, 0.1) is 23.4 Å². The van der Waals surface area contributed by atoms with Crippen LogP contribution < -0.4 is 10.6 Å². The zero-order valence-electron chi connectivity index (χ0n) is 16.1. The molecule has 1 atom stereocenters. The molecule has 2 heterocycles. The lowest BCUT2D eigenvalue weighted by Crippen LogP contribution is -2.28. The van der Waals surface area contributed by atoms with Gasteiger partial charge in [-0.15, -0.1) is 0 Å². The number of amides is 1. The summed E-state index contributed by atoms with van der Waals surface area (Å²) < 4.78 is 39.4. The first-order valence-electron chi connectivity index (χ1n) is 9.55. The fraction of sp³-hybridized carbons (Fsp3) is 0.286. The Balaban J connectivity index is 1.64. The molecule has 0 saturated heterocycles. The van der Waals surface area contributed by atoms with E-state index >= 15 is 0 Å². The van der Waals surface area contributed by atoms with Crippen molar-refractivity contribution in [3.05, 3.63) is 77.7 Å². The first-order valence-corrected chi connectivity index (χ1v) is 9.55. The summed E-state index contributed by atoms with van der Waals surface area (Å²) in [6.07, 6.45) is 2.03. The van der Waals surface area contributed by atoms with E-state index in [0.717, 1.165) is 24.4 Å². The van der Waals surface area contributed by atoms with Crippen LogP contribution in [0.1, 0.15) is 46.8 Å². The summed E-state index contributed by atoms with van der Waals surface area (Å²) >= 11 is 0. The van der Waals surface area contributed by atoms with Gasteiger partial charge in [0.1, 0.15) is 5.82 Å². The van der Waals surface area contributed by atoms with E-state index in [1.54, 1.807) is 12.3 Å². The van der Waals surface area contributed by atoms with Crippen LogP contribution in [0.5, 0.6) is 0 Å². The molecule has 1 amide bonds. The van der Waals surface area contributed by atoms with E-state index < -0.39 is 23.7 Å². The molecule has 3 N–H and O–H groups in total. The van der Waals surface area contributed by atoms with Crippen molar-refractivity contribution < 1.29 is 18.0 Å². The van der Waals surface area contributed by atoms with Crippen LogP contribution in [0.25, 0.3) is 0 Å². The maximum Gasteiger partial charge on any atom is 0.416 e. The van der Waals surface area contributed by atoms with Gasteiger partial charge in [-0.3, -0.25) is 9.89 Å². The fourth-order valence-corrected chi connectivity index (χ4v) is 3.03. The molecule has 0 saturated carbocycles. The molecule has 0 aliphatic heterocycles. The van der Waals surface area contributed by atoms with Crippen LogP contribution in [0.4, 0.5) is 19.0 Å². The molecule has 0 radical (unpaired) electrons. The zero-order chi connectivity index (χ0) is 21.4. The number of rotatable bonds is 9. The summed E-state index contributed by atoms with van der Waals surface area (Å²) in [7, 11) is 0. The summed E-state index contributed by atoms with van der Waals surface area (Å²) in [5, 5.41) is 12.3. The highest BCUT2D eigenvalue weighted by atomic mass is 19.4. The minimum absolute atomic E-state index is 0.323. The number of aromatic nitrogens is 3. The number of H-pyrrole nitrogens is 1. The Labute approximate surface area is 171 Å². The number of anilines is 1. The van der Waals surface area contributed by atoms with Crippen molar-refractivity contribution in [2.24, 2.45) is 0 Å². The van der Waals surface area contributed by atoms with E-state index in [1.165, 1.54) is 18.5 Å². The van der Waals surface area contributed by atoms with Crippen molar-refractivity contribution in [2.45, 2.75) is 31.5 Å². The fourth-order valence-electron chi connectivity index (χ4n) is 3.03. The number of halogens is 3. The predicted octanol–water partition coefficient (Wildman–Crippen LogP) is 4.58. The molecule has 0 aliphatic rings. The number of nitrogens with zero attached hydrogens (tertiary/aromatic N) is 2. The van der Waals surface area contributed by atoms with E-state index in [4.69, 9.17) is 0 Å². The van der Waals surface area contributed by atoms with Crippen LogP contribution in [0.3, 0.4) is 0 Å². The molecule has 0 bridgehead atoms. The topological polar surface area (TPSA) is 82.7 Å². The van der Waals surface area contributed by atoms with Crippen molar-refractivity contribution in [3.63, 3.8) is 0 Å². The van der Waals surface area contributed by atoms with Gasteiger partial charge in [-0.1, -0.05) is 18.2 Å². The molecular formula is C21H22F3N5O. The Bertz CT molecular complexity index is 929. The summed E-state index contributed by atoms with van der Waals surface area (Å²) in [6.45, 7) is 0.669. The first-order chi connectivity index (χ1) is 14.4. The number of aromatic amines is 1. The third kappa shape index (κ3) is 6.07. The van der Waals surface area contributed by atoms with Crippen molar-refractivity contribution in [1.82, 2.24) is 20.5 Å². The van der Waals surface area contributed by atoms with Gasteiger partial charge in [0, 0.05) is 18.9 Å². The predicted molar refractivity (Wildman–Crippen MR) is 107 cm³/mol. The number of hydrogen-bond acceptors (Lipinski definition) is 4. The highest BCUT2D eigenvalue weighted by Gasteiger charge is 2.31. The molecular weight excluding hydrogens is 395 g/mol. The average Bonchev–Trinajstić information content (AvgIpc) is 3.28. The van der Waals surface area contributed by atoms with Gasteiger partial charge in [-0.25, -0.2) is 4.98 Å². The Hall–Kier alpha value is -3.36. The first kappa shape index (κ1) is 21.4. The number of hydrogen-bond donors (Lipinski definition) is 3. The number of carbonyl (C=O) groups excluding carboxylic acids is 1. The quantitative estimate of drug-likeness (QED) is 0.445. The van der Waals surface area contributed by atoms with Gasteiger partial charge in [-0.05, 0) is 49.1 Å². The van der Waals surface area contributed by atoms with Gasteiger partial charge in [0.25, 0.3) is 5.91 Å². The van der Waals surface area contributed by atoms with E-state index in [9.17, 15) is 18.0 Å². The van der Waals surface area contributed by atoms with Crippen LogP contribution in [-0.4, -0.2) is 27.6 Å². The van der Waals surface area contributed by atoms with Crippen molar-refractivity contribution in [2.75, 3.05) is 11.9 Å². The lowest BCUT2D eigenvalue weighted by Gasteiger charge is -2.20. The maximum absolute atomic E-state index is 13.1. The molecule has 3 rings (SSSR count). The summed E-state index contributed by atoms with van der Waals surface area (Å²) in [4.78, 5) is 16.6. The normalized spacial score (nSPS) is 12.4. The maximum atomic E-state index is 13.1. The molecule has 0 spiro atoms. The summed E-state index contributed by atoms with van der Waals surface area (Å²) in [5.41, 5.74) is 0.00234. The van der Waals surface area contributed by atoms with Gasteiger partial charge < -0.3 is 10.6 Å². The molecule has 9 heteroatoms. The van der Waals surface area contributed by atoms with Crippen LogP contribution in [0, 0.1) is 0 Å². The zero-order valence-corrected chi connectivity index (χ0v) is 16.1. The van der Waals surface area contributed by atoms with Gasteiger partial charge in [-0.2, -0.15) is 18.3 Å². The molecule has 2 aromatic heterocycles. The minimum atomic E-state index is -4.44. The standard InChI is InChI=1S/C21H22F3N5O/c22-21(23,24)17-7-5-6-15(12-17)18(29-20(30)16-13-27-28-14-16)8-1-3-10-25-19-9-2-4-11-26-19/h2,4-7,9,11-14,18H,1,3,8,10H2,(H,25,26)(H,27,28)(H,29,30)/t18-/m0/s1. The Morgan fingerprint density at radius 3 is 2.70 bits per heavy atom. The lowest BCUT2D eigenvalue weighted by molar-refractivity contribution is -0.137. The number of nitrogens with one attached hydrogen (secondary N) is 3. The van der Waals surface area contributed by atoms with Gasteiger partial charge >= 0.3 is 6.18 Å². The largest absolute Gasteiger partial charge is 0.416 e. The third-order valence-corrected chi connectivity index (χ3v) is 4.57. The summed E-state index contributed by atoms with van der Waals surface area (Å²) in [5.74, 6) is 0.373. The van der Waals surface area contributed by atoms with Gasteiger partial charge in [0.2, 0.25) is 0 Å². The number of alkyl halides is 3. The second-order valence-electron chi connectivity index (χ2n) is 6.77. The van der Waals surface area contributed by atoms with Crippen LogP contribution in [-0.2, 0) is 6.18 Å². The Morgan fingerprint density at radius 1 is 1.13 bits per heavy atom. The molecule has 3 aromatic rings. The van der Waals surface area contributed by atoms with Crippen molar-refractivity contribution >= 4 is 11.7 Å². The molecule has 0 fully saturated rings. The highest BCUT2D eigenvalue weighted by Crippen LogP contribution is 2.31. The van der Waals surface area contributed by atoms with E-state index in [2.05, 4.69) is 25.8 Å². The Kier molecular flexibility index (Phi) is 7.05. The molecule has 6 nitrogen and oxygen atoms in total. The van der Waals surface area contributed by atoms with E-state index in [1.807, 2.05) is 18.2 Å². The number of benzene rings is 1. The second kappa shape index (κ2) is 9.91. The smallest absolute Gasteiger partial charge is 0.370 e. The second-order valence-corrected chi connectivity index (χ2v) is 6.77. The van der Waals surface area contributed by atoms with Crippen molar-refractivity contribution in [3.8, 4) is 0 Å². The van der Waals surface area contributed by atoms with E-state index in [-0.39, 0.29) is 0 Å². The highest BCUT2D eigenvalue weighted by molar-refractivity contribution is 5.93. The number of carbonyl (C=O) groups is 1. The number of unbranched alkanes of at least 4 members (excludes halogenated alkanes) is 1. The lowest BCUT2D eigenvalue weighted by atomic mass is 9.98. The molecule has 0 unspecified atom stereocenters. The average molecular weight is 417 g/mol.